The molecule has 0 amide bonds. The minimum atomic E-state index is -1.55. The highest BCUT2D eigenvalue weighted by Crippen LogP contribution is 2.23. The van der Waals surface area contributed by atoms with Gasteiger partial charge in [-0.15, -0.1) is 0 Å². The quantitative estimate of drug-likeness (QED) is 0.0269. The van der Waals surface area contributed by atoms with E-state index in [4.69, 9.17) is 18.9 Å². The molecule has 6 atom stereocenters. The van der Waals surface area contributed by atoms with Gasteiger partial charge in [-0.1, -0.05) is 203 Å². The Morgan fingerprint density at radius 3 is 1.44 bits per heavy atom. The van der Waals surface area contributed by atoms with Gasteiger partial charge in [0.05, 0.1) is 19.8 Å². The molecule has 4 N–H and O–H groups in total. The first kappa shape index (κ1) is 56.9. The van der Waals surface area contributed by atoms with Crippen molar-refractivity contribution in [3.63, 3.8) is 0 Å². The SMILES string of the molecule is CC/C=C\C/C=C\C/C=C\C/C=C\C/C=C\CCCC(=O)OC(COCCCCCCCCCCCCCCCCCCCCCCC)COC1OC(CO)C(O)C(O)C1O. The van der Waals surface area contributed by atoms with Crippen molar-refractivity contribution in [1.29, 1.82) is 0 Å². The third-order valence-corrected chi connectivity index (χ3v) is 11.2. The molecule has 0 spiro atoms. The molecule has 0 aromatic carbocycles. The van der Waals surface area contributed by atoms with Crippen LogP contribution in [-0.4, -0.2) is 89.6 Å². The molecule has 0 bridgehead atoms. The van der Waals surface area contributed by atoms with Gasteiger partial charge in [0, 0.05) is 13.0 Å². The summed E-state index contributed by atoms with van der Waals surface area (Å²) in [5, 5.41) is 40.2. The molecule has 1 heterocycles. The van der Waals surface area contributed by atoms with E-state index in [1.54, 1.807) is 0 Å². The first-order valence-electron chi connectivity index (χ1n) is 24.9. The Kier molecular flexibility index (Phi) is 40.3. The molecule has 354 valence electrons. The van der Waals surface area contributed by atoms with Crippen molar-refractivity contribution in [2.24, 2.45) is 0 Å². The molecular formula is C52H92O9. The second-order valence-electron chi connectivity index (χ2n) is 16.9. The van der Waals surface area contributed by atoms with Crippen LogP contribution in [0.5, 0.6) is 0 Å². The van der Waals surface area contributed by atoms with Crippen LogP contribution in [0, 0.1) is 0 Å². The molecule has 6 unspecified atom stereocenters. The van der Waals surface area contributed by atoms with E-state index in [0.717, 1.165) is 51.4 Å². The summed E-state index contributed by atoms with van der Waals surface area (Å²) in [6, 6.07) is 0. The molecule has 9 heteroatoms. The lowest BCUT2D eigenvalue weighted by Gasteiger charge is -2.39. The van der Waals surface area contributed by atoms with Crippen LogP contribution in [0.25, 0.3) is 0 Å². The van der Waals surface area contributed by atoms with E-state index in [1.165, 1.54) is 122 Å². The number of aliphatic hydroxyl groups is 4. The second kappa shape index (κ2) is 43.2. The predicted molar refractivity (Wildman–Crippen MR) is 251 cm³/mol. The number of ether oxygens (including phenoxy) is 4. The molecule has 0 aliphatic carbocycles. The maximum atomic E-state index is 12.8. The van der Waals surface area contributed by atoms with Crippen molar-refractivity contribution in [1.82, 2.24) is 0 Å². The Labute approximate surface area is 373 Å². The van der Waals surface area contributed by atoms with Gasteiger partial charge in [-0.25, -0.2) is 0 Å². The molecule has 0 radical (unpaired) electrons. The third kappa shape index (κ3) is 34.0. The lowest BCUT2D eigenvalue weighted by atomic mass is 9.99. The number of unbranched alkanes of at least 4 members (excludes halogenated alkanes) is 21. The van der Waals surface area contributed by atoms with Gasteiger partial charge in [-0.2, -0.15) is 0 Å². The van der Waals surface area contributed by atoms with Gasteiger partial charge in [0.15, 0.2) is 6.29 Å². The third-order valence-electron chi connectivity index (χ3n) is 11.2. The molecule has 0 saturated carbocycles. The number of allylic oxidation sites excluding steroid dienone is 10. The average molecular weight is 861 g/mol. The molecular weight excluding hydrogens is 769 g/mol. The Morgan fingerprint density at radius 2 is 0.984 bits per heavy atom. The van der Waals surface area contributed by atoms with E-state index in [0.29, 0.717) is 13.0 Å². The van der Waals surface area contributed by atoms with Gasteiger partial charge < -0.3 is 39.4 Å². The minimum Gasteiger partial charge on any atom is -0.457 e. The summed E-state index contributed by atoms with van der Waals surface area (Å²) >= 11 is 0. The van der Waals surface area contributed by atoms with E-state index in [1.807, 2.05) is 0 Å². The van der Waals surface area contributed by atoms with Crippen LogP contribution in [0.1, 0.15) is 200 Å². The molecule has 0 aromatic rings. The number of hydrogen-bond donors (Lipinski definition) is 4. The van der Waals surface area contributed by atoms with Crippen molar-refractivity contribution < 1.29 is 44.2 Å². The van der Waals surface area contributed by atoms with Crippen LogP contribution in [0.2, 0.25) is 0 Å². The van der Waals surface area contributed by atoms with E-state index in [2.05, 4.69) is 74.6 Å². The number of esters is 1. The Morgan fingerprint density at radius 1 is 0.541 bits per heavy atom. The normalized spacial score (nSPS) is 20.4. The summed E-state index contributed by atoms with van der Waals surface area (Å²) in [4.78, 5) is 12.8. The predicted octanol–water partition coefficient (Wildman–Crippen LogP) is 11.9. The number of aliphatic hydroxyl groups excluding tert-OH is 4. The maximum Gasteiger partial charge on any atom is 0.306 e. The summed E-state index contributed by atoms with van der Waals surface area (Å²) in [6.45, 7) is 4.40. The highest BCUT2D eigenvalue weighted by molar-refractivity contribution is 5.69. The Hall–Kier alpha value is -2.11. The van der Waals surface area contributed by atoms with Crippen molar-refractivity contribution in [3.05, 3.63) is 60.8 Å². The minimum absolute atomic E-state index is 0.122. The topological polar surface area (TPSA) is 135 Å². The summed E-state index contributed by atoms with van der Waals surface area (Å²) < 4.78 is 22.8. The van der Waals surface area contributed by atoms with Crippen LogP contribution in [0.3, 0.4) is 0 Å². The van der Waals surface area contributed by atoms with Crippen LogP contribution >= 0.6 is 0 Å². The fourth-order valence-corrected chi connectivity index (χ4v) is 7.35. The second-order valence-corrected chi connectivity index (χ2v) is 16.9. The molecule has 1 aliphatic heterocycles. The van der Waals surface area contributed by atoms with Crippen molar-refractivity contribution >= 4 is 5.97 Å². The van der Waals surface area contributed by atoms with Crippen molar-refractivity contribution in [2.75, 3.05) is 26.4 Å². The maximum absolute atomic E-state index is 12.8. The van der Waals surface area contributed by atoms with Gasteiger partial charge in [0.25, 0.3) is 0 Å². The standard InChI is InChI=1S/C52H92O9/c1-3-5-7-9-11-13-15-17-19-21-22-23-24-26-28-30-32-34-36-38-40-42-58-44-46(45-59-52-51(57)50(56)49(55)47(43-53)61-52)60-48(54)41-39-37-35-33-31-29-27-25-20-18-16-14-12-10-8-6-4-2/h6,8,12,14,18,20,27,29,33,35,46-47,49-53,55-57H,3-5,7,9-11,13,15-17,19,21-26,28,30-32,34,36-45H2,1-2H3/b8-6-,14-12-,20-18-,29-27-,35-33-. The average Bonchev–Trinajstić information content (AvgIpc) is 3.26. The summed E-state index contributed by atoms with van der Waals surface area (Å²) in [5.41, 5.74) is 0. The van der Waals surface area contributed by atoms with Crippen LogP contribution in [0.4, 0.5) is 0 Å². The first-order chi connectivity index (χ1) is 29.9. The largest absolute Gasteiger partial charge is 0.457 e. The van der Waals surface area contributed by atoms with Gasteiger partial charge in [0.2, 0.25) is 0 Å². The number of carbonyl (C=O) groups is 1. The van der Waals surface area contributed by atoms with Crippen LogP contribution in [0.15, 0.2) is 60.8 Å². The highest BCUT2D eigenvalue weighted by atomic mass is 16.7. The van der Waals surface area contributed by atoms with Crippen LogP contribution in [-0.2, 0) is 23.7 Å². The van der Waals surface area contributed by atoms with Crippen LogP contribution < -0.4 is 0 Å². The fraction of sp³-hybridized carbons (Fsp3) is 0.788. The fourth-order valence-electron chi connectivity index (χ4n) is 7.35. The lowest BCUT2D eigenvalue weighted by molar-refractivity contribution is -0.305. The molecule has 1 aliphatic rings. The Bertz CT molecular complexity index is 1120. The highest BCUT2D eigenvalue weighted by Gasteiger charge is 2.44. The zero-order chi connectivity index (χ0) is 44.3. The zero-order valence-corrected chi connectivity index (χ0v) is 38.9. The molecule has 1 saturated heterocycles. The van der Waals surface area contributed by atoms with Gasteiger partial charge in [-0.05, 0) is 51.4 Å². The van der Waals surface area contributed by atoms with Gasteiger partial charge in [-0.3, -0.25) is 4.79 Å². The van der Waals surface area contributed by atoms with Gasteiger partial charge in [0.1, 0.15) is 30.5 Å². The Balaban J connectivity index is 2.24. The van der Waals surface area contributed by atoms with E-state index >= 15 is 0 Å². The zero-order valence-electron chi connectivity index (χ0n) is 38.9. The molecule has 61 heavy (non-hydrogen) atoms. The summed E-state index contributed by atoms with van der Waals surface area (Å²) in [5.74, 6) is -0.368. The van der Waals surface area contributed by atoms with E-state index < -0.39 is 43.4 Å². The number of hydrogen-bond acceptors (Lipinski definition) is 9. The molecule has 1 fully saturated rings. The lowest BCUT2D eigenvalue weighted by Crippen LogP contribution is -2.59. The van der Waals surface area contributed by atoms with E-state index in [9.17, 15) is 25.2 Å². The smallest absolute Gasteiger partial charge is 0.306 e. The van der Waals surface area contributed by atoms with Crippen molar-refractivity contribution in [3.8, 4) is 0 Å². The van der Waals surface area contributed by atoms with Crippen molar-refractivity contribution in [2.45, 2.75) is 237 Å². The monoisotopic (exact) mass is 861 g/mol. The molecule has 9 nitrogen and oxygen atoms in total. The first-order valence-corrected chi connectivity index (χ1v) is 24.9. The molecule has 0 aromatic heterocycles. The molecule has 1 rings (SSSR count). The van der Waals surface area contributed by atoms with Gasteiger partial charge >= 0.3 is 5.97 Å². The summed E-state index contributed by atoms with van der Waals surface area (Å²) in [7, 11) is 0. The summed E-state index contributed by atoms with van der Waals surface area (Å²) in [6.07, 6.45) is 48.4. The number of carbonyl (C=O) groups excluding carboxylic acids is 1. The number of rotatable bonds is 42. The van der Waals surface area contributed by atoms with E-state index in [-0.39, 0.29) is 25.6 Å².